The molecule has 0 saturated heterocycles. The van der Waals surface area contributed by atoms with Crippen molar-refractivity contribution in [1.29, 1.82) is 0 Å². The Balaban J connectivity index is 1.65. The Morgan fingerprint density at radius 1 is 1.36 bits per heavy atom. The molecule has 0 fully saturated rings. The average Bonchev–Trinajstić information content (AvgIpc) is 3.13. The highest BCUT2D eigenvalue weighted by Gasteiger charge is 2.19. The second kappa shape index (κ2) is 7.39. The van der Waals surface area contributed by atoms with Crippen molar-refractivity contribution in [3.63, 3.8) is 0 Å². The third kappa shape index (κ3) is 3.33. The van der Waals surface area contributed by atoms with Crippen LogP contribution in [0.3, 0.4) is 0 Å². The molecule has 4 rings (SSSR count). The number of fused-ring (bicyclic) bond motifs is 1. The number of hydrogen-bond acceptors (Lipinski definition) is 7. The summed E-state index contributed by atoms with van der Waals surface area (Å²) < 4.78 is 34.8. The predicted molar refractivity (Wildman–Crippen MR) is 98.4 cm³/mol. The molecule has 1 atom stereocenters. The zero-order valence-electron chi connectivity index (χ0n) is 15.2. The fraction of sp³-hybridized carbons (Fsp3) is 0.278. The number of anilines is 1. The SMILES string of the molecule is COc1cc(F)cc([C@@H](C)Nc2ccn3ncc(C4=NCCON4)c3n2)c1F. The summed E-state index contributed by atoms with van der Waals surface area (Å²) in [6.07, 6.45) is 3.35. The Morgan fingerprint density at radius 2 is 2.21 bits per heavy atom. The van der Waals surface area contributed by atoms with Gasteiger partial charge in [0.15, 0.2) is 23.0 Å². The van der Waals surface area contributed by atoms with Crippen molar-refractivity contribution in [2.24, 2.45) is 4.99 Å². The van der Waals surface area contributed by atoms with Crippen LogP contribution in [-0.2, 0) is 4.84 Å². The summed E-state index contributed by atoms with van der Waals surface area (Å²) >= 11 is 0. The van der Waals surface area contributed by atoms with Gasteiger partial charge in [0.1, 0.15) is 11.6 Å². The highest BCUT2D eigenvalue weighted by molar-refractivity contribution is 6.03. The zero-order valence-corrected chi connectivity index (χ0v) is 15.2. The maximum Gasteiger partial charge on any atom is 0.170 e. The van der Waals surface area contributed by atoms with Crippen molar-refractivity contribution in [2.45, 2.75) is 13.0 Å². The van der Waals surface area contributed by atoms with E-state index in [1.165, 1.54) is 7.11 Å². The summed E-state index contributed by atoms with van der Waals surface area (Å²) in [6, 6.07) is 3.28. The number of ether oxygens (including phenoxy) is 1. The first kappa shape index (κ1) is 18.1. The molecule has 3 heterocycles. The summed E-state index contributed by atoms with van der Waals surface area (Å²) in [5.41, 5.74) is 4.12. The third-order valence-corrected chi connectivity index (χ3v) is 4.34. The predicted octanol–water partition coefficient (Wildman–Crippen LogP) is 2.47. The fourth-order valence-corrected chi connectivity index (χ4v) is 2.96. The van der Waals surface area contributed by atoms with Crippen LogP contribution in [0, 0.1) is 11.6 Å². The molecule has 0 aliphatic carbocycles. The maximum atomic E-state index is 14.5. The molecule has 10 heteroatoms. The number of hydrogen-bond donors (Lipinski definition) is 2. The molecule has 28 heavy (non-hydrogen) atoms. The zero-order chi connectivity index (χ0) is 19.7. The molecular formula is C18H18F2N6O2. The molecule has 1 aliphatic heterocycles. The van der Waals surface area contributed by atoms with Gasteiger partial charge in [-0.25, -0.2) is 23.8 Å². The minimum atomic E-state index is -0.618. The largest absolute Gasteiger partial charge is 0.494 e. The van der Waals surface area contributed by atoms with E-state index in [1.54, 1.807) is 29.9 Å². The van der Waals surface area contributed by atoms with Gasteiger partial charge in [0.25, 0.3) is 0 Å². The smallest absolute Gasteiger partial charge is 0.170 e. The minimum absolute atomic E-state index is 0.138. The standard InChI is InChI=1S/C18H18F2N6O2/c1-10(12-7-11(19)8-14(27-2)16(12)20)23-15-3-5-26-18(24-15)13(9-22-26)17-21-4-6-28-25-17/h3,5,7-10H,4,6H2,1-2H3,(H,21,25)(H,23,24)/t10-/m1/s1. The van der Waals surface area contributed by atoms with Gasteiger partial charge in [-0.1, -0.05) is 0 Å². The molecule has 2 N–H and O–H groups in total. The van der Waals surface area contributed by atoms with Crippen molar-refractivity contribution in [3.8, 4) is 5.75 Å². The number of aliphatic imine (C=N–C) groups is 1. The number of nitrogens with one attached hydrogen (secondary N) is 2. The molecule has 0 spiro atoms. The molecule has 146 valence electrons. The Kier molecular flexibility index (Phi) is 4.78. The Hall–Kier alpha value is -3.27. The normalized spacial score (nSPS) is 15.1. The van der Waals surface area contributed by atoms with Crippen molar-refractivity contribution in [1.82, 2.24) is 20.1 Å². The molecule has 0 unspecified atom stereocenters. The lowest BCUT2D eigenvalue weighted by molar-refractivity contribution is 0.0827. The lowest BCUT2D eigenvalue weighted by Crippen LogP contribution is -2.30. The van der Waals surface area contributed by atoms with Gasteiger partial charge in [-0.3, -0.25) is 9.83 Å². The van der Waals surface area contributed by atoms with Crippen LogP contribution >= 0.6 is 0 Å². The van der Waals surface area contributed by atoms with Crippen LogP contribution < -0.4 is 15.5 Å². The first-order valence-electron chi connectivity index (χ1n) is 8.63. The number of methoxy groups -OCH3 is 1. The number of rotatable bonds is 5. The van der Waals surface area contributed by atoms with E-state index in [4.69, 9.17) is 9.57 Å². The Morgan fingerprint density at radius 3 is 2.96 bits per heavy atom. The first-order valence-corrected chi connectivity index (χ1v) is 8.63. The number of halogens is 2. The quantitative estimate of drug-likeness (QED) is 0.699. The number of amidine groups is 1. The molecule has 0 radical (unpaired) electrons. The highest BCUT2D eigenvalue weighted by atomic mass is 19.1. The van der Waals surface area contributed by atoms with Crippen LogP contribution in [0.4, 0.5) is 14.6 Å². The van der Waals surface area contributed by atoms with Gasteiger partial charge in [-0.2, -0.15) is 5.10 Å². The second-order valence-corrected chi connectivity index (χ2v) is 6.20. The van der Waals surface area contributed by atoms with E-state index < -0.39 is 17.7 Å². The summed E-state index contributed by atoms with van der Waals surface area (Å²) in [5, 5.41) is 7.33. The monoisotopic (exact) mass is 388 g/mol. The topological polar surface area (TPSA) is 85.1 Å². The average molecular weight is 388 g/mol. The molecule has 2 aromatic heterocycles. The van der Waals surface area contributed by atoms with Gasteiger partial charge in [0.2, 0.25) is 0 Å². The first-order chi connectivity index (χ1) is 13.6. The van der Waals surface area contributed by atoms with Gasteiger partial charge in [0, 0.05) is 17.8 Å². The van der Waals surface area contributed by atoms with Crippen LogP contribution in [0.15, 0.2) is 35.6 Å². The van der Waals surface area contributed by atoms with E-state index in [1.807, 2.05) is 0 Å². The summed E-state index contributed by atoms with van der Waals surface area (Å²) in [6.45, 7) is 2.74. The van der Waals surface area contributed by atoms with Crippen molar-refractivity contribution < 1.29 is 18.4 Å². The van der Waals surface area contributed by atoms with E-state index in [0.717, 1.165) is 12.1 Å². The van der Waals surface area contributed by atoms with Crippen molar-refractivity contribution >= 4 is 17.3 Å². The fourth-order valence-electron chi connectivity index (χ4n) is 2.96. The molecule has 8 nitrogen and oxygen atoms in total. The molecular weight excluding hydrogens is 370 g/mol. The lowest BCUT2D eigenvalue weighted by Gasteiger charge is -2.17. The number of hydroxylamine groups is 1. The molecule has 1 aromatic carbocycles. The second-order valence-electron chi connectivity index (χ2n) is 6.20. The van der Waals surface area contributed by atoms with E-state index in [0.29, 0.717) is 36.0 Å². The summed E-state index contributed by atoms with van der Waals surface area (Å²) in [4.78, 5) is 14.1. The minimum Gasteiger partial charge on any atom is -0.494 e. The molecule has 3 aromatic rings. The summed E-state index contributed by atoms with van der Waals surface area (Å²) in [5.74, 6) is -0.328. The van der Waals surface area contributed by atoms with Gasteiger partial charge >= 0.3 is 0 Å². The van der Waals surface area contributed by atoms with Crippen molar-refractivity contribution in [3.05, 3.63) is 53.4 Å². The molecule has 0 bridgehead atoms. The number of aromatic nitrogens is 3. The third-order valence-electron chi connectivity index (χ3n) is 4.34. The number of nitrogens with zero attached hydrogens (tertiary/aromatic N) is 4. The molecule has 0 saturated carbocycles. The summed E-state index contributed by atoms with van der Waals surface area (Å²) in [7, 11) is 1.29. The number of benzene rings is 1. The lowest BCUT2D eigenvalue weighted by atomic mass is 10.1. The Bertz CT molecular complexity index is 1050. The van der Waals surface area contributed by atoms with Crippen LogP contribution in [0.1, 0.15) is 24.1 Å². The van der Waals surface area contributed by atoms with Crippen LogP contribution in [-0.4, -0.2) is 40.7 Å². The maximum absolute atomic E-state index is 14.5. The van der Waals surface area contributed by atoms with Crippen LogP contribution in [0.2, 0.25) is 0 Å². The van der Waals surface area contributed by atoms with Crippen molar-refractivity contribution in [2.75, 3.05) is 25.6 Å². The van der Waals surface area contributed by atoms with E-state index in [2.05, 4.69) is 25.9 Å². The molecule has 0 amide bonds. The van der Waals surface area contributed by atoms with Gasteiger partial charge in [-0.05, 0) is 19.1 Å². The van der Waals surface area contributed by atoms with Gasteiger partial charge < -0.3 is 10.1 Å². The molecule has 1 aliphatic rings. The van der Waals surface area contributed by atoms with Crippen LogP contribution in [0.5, 0.6) is 5.75 Å². The highest BCUT2D eigenvalue weighted by Crippen LogP contribution is 2.28. The van der Waals surface area contributed by atoms with E-state index >= 15 is 0 Å². The van der Waals surface area contributed by atoms with E-state index in [9.17, 15) is 8.78 Å². The van der Waals surface area contributed by atoms with Gasteiger partial charge in [-0.15, -0.1) is 0 Å². The van der Waals surface area contributed by atoms with Gasteiger partial charge in [0.05, 0.1) is 38.1 Å². The van der Waals surface area contributed by atoms with E-state index in [-0.39, 0.29) is 11.3 Å². The Labute approximate surface area is 159 Å². The van der Waals surface area contributed by atoms with Crippen LogP contribution in [0.25, 0.3) is 5.65 Å².